The van der Waals surface area contributed by atoms with Gasteiger partial charge in [-0.25, -0.2) is 13.4 Å². The van der Waals surface area contributed by atoms with E-state index in [1.54, 1.807) is 35.6 Å². The number of hydrogen-bond acceptors (Lipinski definition) is 5. The third kappa shape index (κ3) is 3.50. The van der Waals surface area contributed by atoms with E-state index in [-0.39, 0.29) is 12.4 Å². The van der Waals surface area contributed by atoms with Crippen molar-refractivity contribution in [3.8, 4) is 11.3 Å². The number of sulfone groups is 1. The Hall–Kier alpha value is -1.11. The van der Waals surface area contributed by atoms with E-state index in [2.05, 4.69) is 10.3 Å². The summed E-state index contributed by atoms with van der Waals surface area (Å²) in [5.74, 6) is 0. The van der Waals surface area contributed by atoms with Gasteiger partial charge in [-0.15, -0.1) is 23.7 Å². The number of hydrogen-bond donors (Lipinski definition) is 1. The average Bonchev–Trinajstić information content (AvgIpc) is 3.04. The highest BCUT2D eigenvalue weighted by Gasteiger charge is 2.22. The van der Waals surface area contributed by atoms with Crippen LogP contribution < -0.4 is 5.32 Å². The number of benzene rings is 1. The smallest absolute Gasteiger partial charge is 0.183 e. The fourth-order valence-corrected chi connectivity index (χ4v) is 3.18. The molecule has 1 aliphatic rings. The highest BCUT2D eigenvalue weighted by molar-refractivity contribution is 7.90. The molecule has 4 nitrogen and oxygen atoms in total. The van der Waals surface area contributed by atoms with E-state index in [9.17, 15) is 8.42 Å². The van der Waals surface area contributed by atoms with Crippen molar-refractivity contribution >= 4 is 38.7 Å². The van der Waals surface area contributed by atoms with E-state index >= 15 is 0 Å². The lowest BCUT2D eigenvalue weighted by molar-refractivity contribution is 0.602. The monoisotopic (exact) mass is 330 g/mol. The van der Waals surface area contributed by atoms with Crippen LogP contribution in [0.3, 0.4) is 0 Å². The van der Waals surface area contributed by atoms with Crippen LogP contribution in [0.4, 0.5) is 5.13 Å². The zero-order valence-electron chi connectivity index (χ0n) is 10.9. The molecule has 0 radical (unpaired) electrons. The van der Waals surface area contributed by atoms with Crippen molar-refractivity contribution in [3.63, 3.8) is 0 Å². The van der Waals surface area contributed by atoms with E-state index < -0.39 is 9.84 Å². The van der Waals surface area contributed by atoms with Gasteiger partial charge in [-0.3, -0.25) is 0 Å². The van der Waals surface area contributed by atoms with E-state index in [4.69, 9.17) is 0 Å². The SMILES string of the molecule is CS(=O)(=O)c1ccc(-c2csc(NC3CC3)n2)cc1.Cl. The van der Waals surface area contributed by atoms with E-state index in [1.807, 2.05) is 5.38 Å². The summed E-state index contributed by atoms with van der Waals surface area (Å²) in [6.07, 6.45) is 3.65. The minimum Gasteiger partial charge on any atom is -0.359 e. The molecule has 3 rings (SSSR count). The molecule has 1 N–H and O–H groups in total. The first-order chi connectivity index (χ1) is 9.02. The highest BCUT2D eigenvalue weighted by atomic mass is 35.5. The highest BCUT2D eigenvalue weighted by Crippen LogP contribution is 2.30. The number of thiazole rings is 1. The van der Waals surface area contributed by atoms with Gasteiger partial charge in [0.15, 0.2) is 15.0 Å². The predicted molar refractivity (Wildman–Crippen MR) is 84.6 cm³/mol. The molecule has 0 amide bonds. The molecule has 1 aromatic carbocycles. The second-order valence-corrected chi connectivity index (χ2v) is 7.63. The molecule has 1 aromatic heterocycles. The molecule has 20 heavy (non-hydrogen) atoms. The van der Waals surface area contributed by atoms with Crippen LogP contribution in [-0.4, -0.2) is 25.7 Å². The Bertz CT molecular complexity index is 691. The Kier molecular flexibility index (Phi) is 4.36. The number of halogens is 1. The largest absolute Gasteiger partial charge is 0.359 e. The van der Waals surface area contributed by atoms with Crippen molar-refractivity contribution in [2.24, 2.45) is 0 Å². The summed E-state index contributed by atoms with van der Waals surface area (Å²) in [6, 6.07) is 7.43. The van der Waals surface area contributed by atoms with Crippen molar-refractivity contribution in [2.45, 2.75) is 23.8 Å². The zero-order valence-corrected chi connectivity index (χ0v) is 13.3. The molecule has 0 spiro atoms. The molecule has 7 heteroatoms. The molecule has 1 heterocycles. The number of rotatable bonds is 4. The molecule has 1 fully saturated rings. The summed E-state index contributed by atoms with van der Waals surface area (Å²) >= 11 is 1.58. The van der Waals surface area contributed by atoms with Crippen LogP contribution in [0.25, 0.3) is 11.3 Å². The predicted octanol–water partition coefficient (Wildman–Crippen LogP) is 3.21. The molecule has 0 unspecified atom stereocenters. The second kappa shape index (κ2) is 5.71. The molecule has 0 saturated heterocycles. The van der Waals surface area contributed by atoms with Crippen molar-refractivity contribution in [2.75, 3.05) is 11.6 Å². The van der Waals surface area contributed by atoms with Crippen LogP contribution in [-0.2, 0) is 9.84 Å². The van der Waals surface area contributed by atoms with Gasteiger partial charge in [0.1, 0.15) is 0 Å². The Morgan fingerprint density at radius 3 is 2.45 bits per heavy atom. The summed E-state index contributed by atoms with van der Waals surface area (Å²) in [5, 5.41) is 6.27. The molecule has 1 aliphatic carbocycles. The number of nitrogens with zero attached hydrogens (tertiary/aromatic N) is 1. The Balaban J connectivity index is 0.00000147. The summed E-state index contributed by atoms with van der Waals surface area (Å²) in [7, 11) is -3.13. The second-order valence-electron chi connectivity index (χ2n) is 4.75. The fraction of sp³-hybridized carbons (Fsp3) is 0.308. The van der Waals surface area contributed by atoms with Gasteiger partial charge in [-0.1, -0.05) is 12.1 Å². The number of aromatic nitrogens is 1. The Morgan fingerprint density at radius 2 is 1.90 bits per heavy atom. The Labute approximate surface area is 128 Å². The van der Waals surface area contributed by atoms with E-state index in [0.29, 0.717) is 10.9 Å². The van der Waals surface area contributed by atoms with Gasteiger partial charge in [-0.2, -0.15) is 0 Å². The quantitative estimate of drug-likeness (QED) is 0.935. The first kappa shape index (κ1) is 15.3. The first-order valence-corrected chi connectivity index (χ1v) is 8.82. The van der Waals surface area contributed by atoms with Crippen molar-refractivity contribution in [1.82, 2.24) is 4.98 Å². The van der Waals surface area contributed by atoms with Crippen LogP contribution in [0.2, 0.25) is 0 Å². The summed E-state index contributed by atoms with van der Waals surface area (Å²) in [5.41, 5.74) is 1.82. The molecule has 2 aromatic rings. The zero-order chi connectivity index (χ0) is 13.5. The molecule has 0 atom stereocenters. The van der Waals surface area contributed by atoms with Crippen molar-refractivity contribution < 1.29 is 8.42 Å². The van der Waals surface area contributed by atoms with Gasteiger partial charge in [0, 0.05) is 23.2 Å². The third-order valence-corrected chi connectivity index (χ3v) is 4.89. The molecule has 1 saturated carbocycles. The first-order valence-electron chi connectivity index (χ1n) is 6.05. The van der Waals surface area contributed by atoms with Crippen LogP contribution >= 0.6 is 23.7 Å². The molecule has 0 bridgehead atoms. The van der Waals surface area contributed by atoms with E-state index in [0.717, 1.165) is 16.4 Å². The summed E-state index contributed by atoms with van der Waals surface area (Å²) < 4.78 is 22.8. The number of nitrogens with one attached hydrogen (secondary N) is 1. The van der Waals surface area contributed by atoms with Crippen LogP contribution in [0, 0.1) is 0 Å². The minimum absolute atomic E-state index is 0. The third-order valence-electron chi connectivity index (χ3n) is 2.99. The normalized spacial score (nSPS) is 14.7. The maximum absolute atomic E-state index is 11.4. The van der Waals surface area contributed by atoms with Gasteiger partial charge in [0.25, 0.3) is 0 Å². The fourth-order valence-electron chi connectivity index (χ4n) is 1.75. The van der Waals surface area contributed by atoms with Gasteiger partial charge in [0.05, 0.1) is 10.6 Å². The van der Waals surface area contributed by atoms with Crippen LogP contribution in [0.15, 0.2) is 34.5 Å². The molecule has 108 valence electrons. The maximum atomic E-state index is 11.4. The lowest BCUT2D eigenvalue weighted by atomic mass is 10.2. The molecule has 0 aliphatic heterocycles. The van der Waals surface area contributed by atoms with Gasteiger partial charge >= 0.3 is 0 Å². The standard InChI is InChI=1S/C13H14N2O2S2.ClH/c1-19(16,17)11-6-2-9(3-7-11)12-8-18-13(15-12)14-10-4-5-10;/h2-3,6-8,10H,4-5H2,1H3,(H,14,15);1H. The molecular weight excluding hydrogens is 316 g/mol. The molecular formula is C13H15ClN2O2S2. The lowest BCUT2D eigenvalue weighted by Gasteiger charge is -2.00. The maximum Gasteiger partial charge on any atom is 0.183 e. The van der Waals surface area contributed by atoms with Gasteiger partial charge in [0.2, 0.25) is 0 Å². The van der Waals surface area contributed by atoms with E-state index in [1.165, 1.54) is 19.1 Å². The average molecular weight is 331 g/mol. The van der Waals surface area contributed by atoms with Crippen LogP contribution in [0.5, 0.6) is 0 Å². The summed E-state index contributed by atoms with van der Waals surface area (Å²) in [6.45, 7) is 0. The van der Waals surface area contributed by atoms with Crippen LogP contribution in [0.1, 0.15) is 12.8 Å². The van der Waals surface area contributed by atoms with Crippen molar-refractivity contribution in [3.05, 3.63) is 29.6 Å². The lowest BCUT2D eigenvalue weighted by Crippen LogP contribution is -1.99. The van der Waals surface area contributed by atoms with Crippen molar-refractivity contribution in [1.29, 1.82) is 0 Å². The minimum atomic E-state index is -3.13. The topological polar surface area (TPSA) is 59.1 Å². The number of anilines is 1. The Morgan fingerprint density at radius 1 is 1.25 bits per heavy atom. The van der Waals surface area contributed by atoms with Gasteiger partial charge < -0.3 is 5.32 Å². The summed E-state index contributed by atoms with van der Waals surface area (Å²) in [4.78, 5) is 4.85. The van der Waals surface area contributed by atoms with Gasteiger partial charge in [-0.05, 0) is 25.0 Å².